The van der Waals surface area contributed by atoms with Crippen molar-refractivity contribution < 1.29 is 31.9 Å². The van der Waals surface area contributed by atoms with Crippen molar-refractivity contribution in [2.75, 3.05) is 13.6 Å². The molecule has 0 bridgehead atoms. The molecule has 1 N–H and O–H groups in total. The van der Waals surface area contributed by atoms with Crippen molar-refractivity contribution in [2.24, 2.45) is 10.1 Å². The molecule has 13 heteroatoms. The van der Waals surface area contributed by atoms with Gasteiger partial charge in [-0.1, -0.05) is 23.7 Å². The van der Waals surface area contributed by atoms with Crippen molar-refractivity contribution in [3.8, 4) is 11.8 Å². The van der Waals surface area contributed by atoms with Crippen molar-refractivity contribution >= 4 is 41.9 Å². The first-order valence-electron chi connectivity index (χ1n) is 11.0. The number of nitrogens with one attached hydrogen (secondary N) is 1. The average molecular weight is 564 g/mol. The molecule has 0 atom stereocenters. The number of nitriles is 1. The summed E-state index contributed by atoms with van der Waals surface area (Å²) in [5.74, 6) is -1.92. The number of amides is 1. The van der Waals surface area contributed by atoms with Crippen LogP contribution in [0.2, 0.25) is 5.02 Å². The Hall–Kier alpha value is -4.50. The van der Waals surface area contributed by atoms with Crippen molar-refractivity contribution in [3.63, 3.8) is 0 Å². The van der Waals surface area contributed by atoms with Crippen molar-refractivity contribution in [1.82, 2.24) is 10.3 Å². The number of nitrogens with zero attached hydrogens (tertiary/aromatic N) is 4. The van der Waals surface area contributed by atoms with E-state index in [0.717, 1.165) is 18.5 Å². The van der Waals surface area contributed by atoms with E-state index in [1.807, 2.05) is 0 Å². The molecule has 39 heavy (non-hydrogen) atoms. The average Bonchev–Trinajstić information content (AvgIpc) is 2.85. The molecule has 0 heterocycles. The van der Waals surface area contributed by atoms with Crippen LogP contribution in [-0.2, 0) is 9.59 Å². The number of hydrazone groups is 1. The number of aryl methyl sites for hydroxylation is 1. The second-order valence-corrected chi connectivity index (χ2v) is 8.47. The first-order valence-corrected chi connectivity index (χ1v) is 11.4. The quantitative estimate of drug-likeness (QED) is 0.0771. The van der Waals surface area contributed by atoms with Gasteiger partial charge in [0.2, 0.25) is 6.41 Å². The number of aldehydes is 1. The fraction of sp³-hybridized carbons (Fsp3) is 0.192. The second-order valence-electron chi connectivity index (χ2n) is 8.04. The minimum atomic E-state index is -5.10. The summed E-state index contributed by atoms with van der Waals surface area (Å²) in [5.41, 5.74) is 2.03. The number of hydrogen-bond donors (Lipinski definition) is 1. The van der Waals surface area contributed by atoms with Gasteiger partial charge in [-0.2, -0.15) is 23.5 Å². The molecule has 0 fully saturated rings. The first-order chi connectivity index (χ1) is 18.4. The summed E-state index contributed by atoms with van der Waals surface area (Å²) >= 11 is 5.85. The standard InChI is InChI=1S/C26H22ClF4N5O3/c1-16-4-5-22(23(28)6-16)17(2)7-20(35-34-15-38)12-36(3)14-33-25(26(29,30)31)24(13-37)39-21-9-18(11-32)8-19(27)10-21/h4-10,13-15H,12H2,1-3H3,(H,34,38)/b17-7+,25-24+,33-14-,35-20+. The topological polar surface area (TPSA) is 107 Å². The fourth-order valence-electron chi connectivity index (χ4n) is 3.16. The Morgan fingerprint density at radius 3 is 2.54 bits per heavy atom. The SMILES string of the molecule is C/C(=C\C(CN(C)/C=N\C(=C(/C=O)Oc1cc(Cl)cc(C#N)c1)C(F)(F)F)=N/NC=O)c1ccc(C)cc1F. The number of halogens is 5. The normalized spacial score (nSPS) is 13.0. The third-order valence-corrected chi connectivity index (χ3v) is 5.04. The Kier molecular flexibility index (Phi) is 10.9. The summed E-state index contributed by atoms with van der Waals surface area (Å²) in [7, 11) is 1.36. The fourth-order valence-corrected chi connectivity index (χ4v) is 3.39. The van der Waals surface area contributed by atoms with E-state index in [4.69, 9.17) is 21.6 Å². The predicted octanol–water partition coefficient (Wildman–Crippen LogP) is 5.18. The lowest BCUT2D eigenvalue weighted by atomic mass is 10.0. The molecule has 2 aromatic carbocycles. The van der Waals surface area contributed by atoms with Crippen LogP contribution >= 0.6 is 11.6 Å². The molecule has 0 aliphatic carbocycles. The Morgan fingerprint density at radius 2 is 1.95 bits per heavy atom. The van der Waals surface area contributed by atoms with E-state index in [2.05, 4.69) is 15.5 Å². The van der Waals surface area contributed by atoms with Gasteiger partial charge in [-0.05, 0) is 55.3 Å². The van der Waals surface area contributed by atoms with Gasteiger partial charge in [-0.15, -0.1) is 0 Å². The molecule has 0 aliphatic rings. The van der Waals surface area contributed by atoms with Crippen LogP contribution in [0, 0.1) is 24.1 Å². The maximum Gasteiger partial charge on any atom is 0.437 e. The molecule has 8 nitrogen and oxygen atoms in total. The van der Waals surface area contributed by atoms with Crippen molar-refractivity contribution in [1.29, 1.82) is 5.26 Å². The predicted molar refractivity (Wildman–Crippen MR) is 138 cm³/mol. The zero-order valence-corrected chi connectivity index (χ0v) is 21.6. The zero-order chi connectivity index (χ0) is 29.2. The molecule has 0 spiro atoms. The molecule has 0 saturated carbocycles. The number of carbonyl (C=O) groups excluding carboxylic acids is 2. The number of benzene rings is 2. The Balaban J connectivity index is 2.37. The van der Waals surface area contributed by atoms with Crippen molar-refractivity contribution in [2.45, 2.75) is 20.0 Å². The summed E-state index contributed by atoms with van der Waals surface area (Å²) in [5, 5.41) is 12.9. The maximum absolute atomic E-state index is 14.4. The molecule has 204 valence electrons. The molecule has 2 aromatic rings. The molecular weight excluding hydrogens is 542 g/mol. The van der Waals surface area contributed by atoms with Gasteiger partial charge < -0.3 is 9.64 Å². The third-order valence-electron chi connectivity index (χ3n) is 4.83. The Labute approximate surface area is 226 Å². The van der Waals surface area contributed by atoms with Crippen LogP contribution < -0.4 is 10.2 Å². The Bertz CT molecular complexity index is 1390. The molecule has 2 rings (SSSR count). The van der Waals surface area contributed by atoms with Gasteiger partial charge in [0, 0.05) is 17.6 Å². The van der Waals surface area contributed by atoms with Crippen LogP contribution in [0.4, 0.5) is 17.6 Å². The first kappa shape index (κ1) is 30.7. The molecule has 1 amide bonds. The van der Waals surface area contributed by atoms with Crippen LogP contribution in [0.15, 0.2) is 64.0 Å². The van der Waals surface area contributed by atoms with Gasteiger partial charge in [0.05, 0.1) is 30.2 Å². The van der Waals surface area contributed by atoms with E-state index in [9.17, 15) is 27.2 Å². The molecule has 0 radical (unpaired) electrons. The summed E-state index contributed by atoms with van der Waals surface area (Å²) in [6, 6.07) is 9.88. The largest absolute Gasteiger partial charge is 0.452 e. The minimum Gasteiger partial charge on any atom is -0.452 e. The lowest BCUT2D eigenvalue weighted by molar-refractivity contribution is -0.110. The lowest BCUT2D eigenvalue weighted by Crippen LogP contribution is -2.26. The molecule has 0 aromatic heterocycles. The summed E-state index contributed by atoms with van der Waals surface area (Å²) in [6.07, 6.45) is -2.76. The van der Waals surface area contributed by atoms with Crippen LogP contribution in [0.25, 0.3) is 5.57 Å². The maximum atomic E-state index is 14.4. The number of alkyl halides is 3. The smallest absolute Gasteiger partial charge is 0.437 e. The molecule has 0 unspecified atom stereocenters. The number of allylic oxidation sites excluding steroid dienone is 3. The number of carbonyl (C=O) groups is 2. The second kappa shape index (κ2) is 13.9. The van der Waals surface area contributed by atoms with E-state index in [-0.39, 0.29) is 46.9 Å². The van der Waals surface area contributed by atoms with E-state index >= 15 is 0 Å². The van der Waals surface area contributed by atoms with Crippen LogP contribution in [0.5, 0.6) is 5.75 Å². The van der Waals surface area contributed by atoms with E-state index in [1.165, 1.54) is 30.2 Å². The minimum absolute atomic E-state index is 0.00385. The summed E-state index contributed by atoms with van der Waals surface area (Å²) in [4.78, 5) is 26.8. The molecule has 0 aliphatic heterocycles. The number of rotatable bonds is 11. The van der Waals surface area contributed by atoms with Crippen LogP contribution in [0.1, 0.15) is 23.6 Å². The van der Waals surface area contributed by atoms with Gasteiger partial charge in [-0.3, -0.25) is 9.59 Å². The van der Waals surface area contributed by atoms with Crippen LogP contribution in [-0.4, -0.2) is 49.4 Å². The number of ether oxygens (including phenoxy) is 1. The van der Waals surface area contributed by atoms with Crippen molar-refractivity contribution in [3.05, 3.63) is 81.5 Å². The lowest BCUT2D eigenvalue weighted by Gasteiger charge is -2.16. The highest BCUT2D eigenvalue weighted by atomic mass is 35.5. The number of aliphatic imine (C=N–C) groups is 1. The highest BCUT2D eigenvalue weighted by Gasteiger charge is 2.38. The van der Waals surface area contributed by atoms with E-state index in [1.54, 1.807) is 32.0 Å². The third kappa shape index (κ3) is 9.39. The van der Waals surface area contributed by atoms with E-state index in [0.29, 0.717) is 11.1 Å². The van der Waals surface area contributed by atoms with Gasteiger partial charge in [-0.25, -0.2) is 14.8 Å². The van der Waals surface area contributed by atoms with E-state index < -0.39 is 23.4 Å². The molecule has 0 saturated heterocycles. The highest BCUT2D eigenvalue weighted by Crippen LogP contribution is 2.31. The molecular formula is C26H22ClF4N5O3. The number of hydrogen-bond acceptors (Lipinski definition) is 6. The van der Waals surface area contributed by atoms with Gasteiger partial charge in [0.25, 0.3) is 0 Å². The van der Waals surface area contributed by atoms with Gasteiger partial charge in [0.1, 0.15) is 11.6 Å². The summed E-state index contributed by atoms with van der Waals surface area (Å²) < 4.78 is 60.7. The van der Waals surface area contributed by atoms with Gasteiger partial charge in [0.15, 0.2) is 17.7 Å². The van der Waals surface area contributed by atoms with Gasteiger partial charge >= 0.3 is 6.18 Å². The Morgan fingerprint density at radius 1 is 1.23 bits per heavy atom. The van der Waals surface area contributed by atoms with Crippen LogP contribution in [0.3, 0.4) is 0 Å². The zero-order valence-electron chi connectivity index (χ0n) is 20.9. The summed E-state index contributed by atoms with van der Waals surface area (Å²) in [6.45, 7) is 3.16. The highest BCUT2D eigenvalue weighted by molar-refractivity contribution is 6.30. The monoisotopic (exact) mass is 563 g/mol.